The molecule has 126 valence electrons. The van der Waals surface area contributed by atoms with E-state index in [2.05, 4.69) is 20.1 Å². The fourth-order valence-corrected chi connectivity index (χ4v) is 3.70. The molecule has 0 N–H and O–H groups in total. The summed E-state index contributed by atoms with van der Waals surface area (Å²) in [6.07, 6.45) is 3.70. The van der Waals surface area contributed by atoms with Crippen LogP contribution in [0.15, 0.2) is 0 Å². The molecule has 3 rings (SSSR count). The van der Waals surface area contributed by atoms with Crippen LogP contribution < -0.4 is 0 Å². The molecule has 0 bridgehead atoms. The molecular formula is C16H25ClN6. The highest BCUT2D eigenvalue weighted by Gasteiger charge is 2.26. The average Bonchev–Trinajstić information content (AvgIpc) is 2.94. The van der Waals surface area contributed by atoms with E-state index in [9.17, 15) is 0 Å². The third kappa shape index (κ3) is 3.43. The van der Waals surface area contributed by atoms with E-state index in [1.165, 1.54) is 19.3 Å². The minimum Gasteiger partial charge on any atom is -0.294 e. The number of likely N-dealkylation sites (tertiary alicyclic amines) is 1. The van der Waals surface area contributed by atoms with Crippen LogP contribution in [0.1, 0.15) is 42.2 Å². The zero-order chi connectivity index (χ0) is 16.6. The summed E-state index contributed by atoms with van der Waals surface area (Å²) in [4.78, 5) is 6.94. The Kier molecular flexibility index (Phi) is 4.73. The second-order valence-electron chi connectivity index (χ2n) is 6.49. The van der Waals surface area contributed by atoms with E-state index in [4.69, 9.17) is 11.6 Å². The first-order valence-corrected chi connectivity index (χ1v) is 8.63. The number of hydrogen-bond donors (Lipinski definition) is 0. The topological polar surface area (TPSA) is 51.8 Å². The Bertz CT molecular complexity index is 689. The third-order valence-electron chi connectivity index (χ3n) is 4.73. The Labute approximate surface area is 142 Å². The van der Waals surface area contributed by atoms with Crippen molar-refractivity contribution in [3.8, 4) is 0 Å². The smallest absolute Gasteiger partial charge is 0.147 e. The molecule has 0 aromatic carbocycles. The molecule has 1 aliphatic heterocycles. The Morgan fingerprint density at radius 1 is 1.17 bits per heavy atom. The van der Waals surface area contributed by atoms with E-state index >= 15 is 0 Å². The summed E-state index contributed by atoms with van der Waals surface area (Å²) in [5.74, 6) is 1.83. The van der Waals surface area contributed by atoms with Crippen molar-refractivity contribution in [1.82, 2.24) is 29.4 Å². The number of aryl methyl sites for hydroxylation is 4. The van der Waals surface area contributed by atoms with E-state index in [1.807, 2.05) is 32.5 Å². The van der Waals surface area contributed by atoms with E-state index in [1.54, 1.807) is 4.68 Å². The highest BCUT2D eigenvalue weighted by atomic mass is 35.5. The van der Waals surface area contributed by atoms with E-state index in [0.29, 0.717) is 6.04 Å². The summed E-state index contributed by atoms with van der Waals surface area (Å²) >= 11 is 6.42. The van der Waals surface area contributed by atoms with Crippen molar-refractivity contribution in [2.24, 2.45) is 7.05 Å². The molecule has 1 aliphatic rings. The van der Waals surface area contributed by atoms with Gasteiger partial charge in [-0.15, -0.1) is 0 Å². The van der Waals surface area contributed by atoms with Crippen LogP contribution in [-0.2, 0) is 20.1 Å². The van der Waals surface area contributed by atoms with Crippen LogP contribution >= 0.6 is 11.6 Å². The van der Waals surface area contributed by atoms with Crippen LogP contribution in [0.4, 0.5) is 0 Å². The Balaban J connectivity index is 1.77. The molecule has 7 heteroatoms. The van der Waals surface area contributed by atoms with Gasteiger partial charge in [-0.05, 0) is 40.2 Å². The lowest BCUT2D eigenvalue weighted by Crippen LogP contribution is -2.42. The summed E-state index contributed by atoms with van der Waals surface area (Å²) in [5, 5.41) is 9.70. The molecule has 0 saturated carbocycles. The van der Waals surface area contributed by atoms with E-state index < -0.39 is 0 Å². The van der Waals surface area contributed by atoms with Gasteiger partial charge in [0.15, 0.2) is 0 Å². The molecule has 0 spiro atoms. The molecule has 23 heavy (non-hydrogen) atoms. The zero-order valence-corrected chi connectivity index (χ0v) is 15.1. The van der Waals surface area contributed by atoms with Gasteiger partial charge in [0.25, 0.3) is 0 Å². The molecule has 3 heterocycles. The zero-order valence-electron chi connectivity index (χ0n) is 14.4. The minimum atomic E-state index is 0.472. The maximum absolute atomic E-state index is 6.42. The van der Waals surface area contributed by atoms with Crippen molar-refractivity contribution in [3.63, 3.8) is 0 Å². The number of hydrogen-bond acceptors (Lipinski definition) is 4. The minimum absolute atomic E-state index is 0.472. The highest BCUT2D eigenvalue weighted by Crippen LogP contribution is 2.26. The maximum Gasteiger partial charge on any atom is 0.147 e. The van der Waals surface area contributed by atoms with Gasteiger partial charge >= 0.3 is 0 Å². The molecule has 0 aliphatic carbocycles. The lowest BCUT2D eigenvalue weighted by atomic mass is 10.0. The lowest BCUT2D eigenvalue weighted by Gasteiger charge is -2.35. The third-order valence-corrected chi connectivity index (χ3v) is 5.20. The highest BCUT2D eigenvalue weighted by molar-refractivity contribution is 6.30. The summed E-state index contributed by atoms with van der Waals surface area (Å²) in [7, 11) is 1.90. The van der Waals surface area contributed by atoms with Crippen molar-refractivity contribution < 1.29 is 0 Å². The van der Waals surface area contributed by atoms with Crippen LogP contribution in [-0.4, -0.2) is 42.0 Å². The van der Waals surface area contributed by atoms with Gasteiger partial charge in [0.1, 0.15) is 16.8 Å². The normalized spacial score (nSPS) is 19.4. The van der Waals surface area contributed by atoms with E-state index in [-0.39, 0.29) is 0 Å². The lowest BCUT2D eigenvalue weighted by molar-refractivity contribution is 0.121. The fraction of sp³-hybridized carbons (Fsp3) is 0.688. The van der Waals surface area contributed by atoms with Crippen molar-refractivity contribution in [2.75, 3.05) is 6.54 Å². The van der Waals surface area contributed by atoms with E-state index in [0.717, 1.165) is 47.7 Å². The second-order valence-corrected chi connectivity index (χ2v) is 6.84. The summed E-state index contributed by atoms with van der Waals surface area (Å²) in [6, 6.07) is 0.472. The molecule has 2 aromatic rings. The predicted molar refractivity (Wildman–Crippen MR) is 90.5 cm³/mol. The quantitative estimate of drug-likeness (QED) is 0.861. The van der Waals surface area contributed by atoms with Gasteiger partial charge in [0.05, 0.1) is 12.2 Å². The Morgan fingerprint density at radius 2 is 1.96 bits per heavy atom. The molecule has 1 saturated heterocycles. The molecule has 0 radical (unpaired) electrons. The van der Waals surface area contributed by atoms with Crippen molar-refractivity contribution in [2.45, 2.75) is 59.2 Å². The number of halogens is 1. The monoisotopic (exact) mass is 336 g/mol. The van der Waals surface area contributed by atoms with Crippen LogP contribution in [0.3, 0.4) is 0 Å². The standard InChI is InChI=1S/C16H25ClN6/c1-11-15(16(17)21(4)19-11)10-22-8-6-5-7-14(22)9-23-13(3)18-12(2)20-23/h14H,5-10H2,1-4H3/t14-/m1/s1. The van der Waals surface area contributed by atoms with Crippen molar-refractivity contribution >= 4 is 11.6 Å². The molecule has 0 amide bonds. The predicted octanol–water partition coefficient (Wildman–Crippen LogP) is 2.64. The first-order valence-electron chi connectivity index (χ1n) is 8.25. The van der Waals surface area contributed by atoms with Gasteiger partial charge in [0.2, 0.25) is 0 Å². The molecule has 1 fully saturated rings. The fourth-order valence-electron chi connectivity index (χ4n) is 3.47. The van der Waals surface area contributed by atoms with Crippen LogP contribution in [0.25, 0.3) is 0 Å². The van der Waals surface area contributed by atoms with Gasteiger partial charge in [-0.1, -0.05) is 18.0 Å². The number of piperidine rings is 1. The maximum atomic E-state index is 6.42. The first-order chi connectivity index (χ1) is 11.0. The summed E-state index contributed by atoms with van der Waals surface area (Å²) in [6.45, 7) is 8.85. The van der Waals surface area contributed by atoms with Gasteiger partial charge in [-0.2, -0.15) is 10.2 Å². The van der Waals surface area contributed by atoms with Crippen LogP contribution in [0.5, 0.6) is 0 Å². The van der Waals surface area contributed by atoms with Gasteiger partial charge < -0.3 is 0 Å². The van der Waals surface area contributed by atoms with Crippen LogP contribution in [0, 0.1) is 20.8 Å². The van der Waals surface area contributed by atoms with Crippen LogP contribution in [0.2, 0.25) is 5.15 Å². The second kappa shape index (κ2) is 6.61. The van der Waals surface area contributed by atoms with Gasteiger partial charge in [-0.25, -0.2) is 9.67 Å². The molecule has 0 unspecified atom stereocenters. The number of aromatic nitrogens is 5. The SMILES string of the molecule is Cc1nc(C)n(C[C@H]2CCCCN2Cc2c(C)nn(C)c2Cl)n1. The van der Waals surface area contributed by atoms with Crippen molar-refractivity contribution in [3.05, 3.63) is 28.1 Å². The largest absolute Gasteiger partial charge is 0.294 e. The Hall–Kier alpha value is -1.40. The molecule has 1 atom stereocenters. The first kappa shape index (κ1) is 16.5. The number of rotatable bonds is 4. The molecule has 2 aromatic heterocycles. The van der Waals surface area contributed by atoms with Gasteiger partial charge in [-0.3, -0.25) is 9.58 Å². The molecule has 6 nitrogen and oxygen atoms in total. The average molecular weight is 337 g/mol. The Morgan fingerprint density at radius 3 is 2.57 bits per heavy atom. The van der Waals surface area contributed by atoms with Crippen molar-refractivity contribution in [1.29, 1.82) is 0 Å². The number of nitrogens with zero attached hydrogens (tertiary/aromatic N) is 6. The summed E-state index contributed by atoms with van der Waals surface area (Å²) < 4.78 is 3.80. The molecular weight excluding hydrogens is 312 g/mol. The van der Waals surface area contributed by atoms with Gasteiger partial charge in [0, 0.05) is 25.2 Å². The summed E-state index contributed by atoms with van der Waals surface area (Å²) in [5.41, 5.74) is 2.17.